The summed E-state index contributed by atoms with van der Waals surface area (Å²) >= 11 is 7.64. The van der Waals surface area contributed by atoms with Crippen molar-refractivity contribution in [3.05, 3.63) is 5.15 Å². The number of aliphatic hydroxyl groups is 2. The molecule has 10 nitrogen and oxygen atoms in total. The molecule has 3 rings (SSSR count). The zero-order valence-corrected chi connectivity index (χ0v) is 16.4. The highest BCUT2D eigenvalue weighted by Gasteiger charge is 2.45. The van der Waals surface area contributed by atoms with E-state index in [0.29, 0.717) is 16.3 Å². The molecule has 0 bridgehead atoms. The number of ether oxygens (including phenoxy) is 2. The van der Waals surface area contributed by atoms with Crippen molar-refractivity contribution in [2.75, 3.05) is 19.5 Å². The third kappa shape index (κ3) is 4.16. The molecule has 2 aromatic heterocycles. The highest BCUT2D eigenvalue weighted by Crippen LogP contribution is 2.35. The Balaban J connectivity index is 1.85. The summed E-state index contributed by atoms with van der Waals surface area (Å²) in [7, 11) is 1.24. The fourth-order valence-electron chi connectivity index (χ4n) is 2.87. The van der Waals surface area contributed by atoms with E-state index >= 15 is 0 Å². The molecular weight excluding hydrogens is 398 g/mol. The van der Waals surface area contributed by atoms with Gasteiger partial charge in [0.15, 0.2) is 21.5 Å². The zero-order chi connectivity index (χ0) is 19.6. The van der Waals surface area contributed by atoms with Gasteiger partial charge in [-0.05, 0) is 6.42 Å². The van der Waals surface area contributed by atoms with Gasteiger partial charge < -0.3 is 19.7 Å². The molecule has 1 saturated carbocycles. The minimum atomic E-state index is -1.19. The first-order valence-corrected chi connectivity index (χ1v) is 9.78. The number of methoxy groups -OCH3 is 1. The molecule has 1 aliphatic rings. The molecule has 12 heteroatoms. The van der Waals surface area contributed by atoms with Gasteiger partial charge in [-0.2, -0.15) is 0 Å². The maximum absolute atomic E-state index is 11.3. The van der Waals surface area contributed by atoms with Crippen LogP contribution < -0.4 is 0 Å². The van der Waals surface area contributed by atoms with Crippen LogP contribution in [0.25, 0.3) is 11.2 Å². The summed E-state index contributed by atoms with van der Waals surface area (Å²) in [6, 6.07) is -0.636. The Morgan fingerprint density at radius 3 is 2.85 bits per heavy atom. The van der Waals surface area contributed by atoms with Gasteiger partial charge in [0.1, 0.15) is 18.8 Å². The van der Waals surface area contributed by atoms with E-state index in [1.165, 1.54) is 23.6 Å². The molecule has 0 aromatic carbocycles. The van der Waals surface area contributed by atoms with Gasteiger partial charge in [-0.15, -0.1) is 5.10 Å². The number of fused-ring (bicyclic) bond motifs is 1. The topological polar surface area (TPSA) is 132 Å². The van der Waals surface area contributed by atoms with Gasteiger partial charge in [0.25, 0.3) is 0 Å². The predicted molar refractivity (Wildman–Crippen MR) is 96.6 cm³/mol. The van der Waals surface area contributed by atoms with Gasteiger partial charge in [0, 0.05) is 12.2 Å². The molecule has 0 spiro atoms. The molecule has 0 unspecified atom stereocenters. The van der Waals surface area contributed by atoms with Gasteiger partial charge in [0.2, 0.25) is 0 Å². The van der Waals surface area contributed by atoms with Crippen molar-refractivity contribution in [2.24, 2.45) is 0 Å². The Morgan fingerprint density at radius 2 is 2.15 bits per heavy atom. The molecule has 0 radical (unpaired) electrons. The number of hydrogen-bond donors (Lipinski definition) is 2. The quantitative estimate of drug-likeness (QED) is 0.285. The van der Waals surface area contributed by atoms with Gasteiger partial charge in [-0.3, -0.25) is 0 Å². The second kappa shape index (κ2) is 8.65. The molecule has 2 heterocycles. The van der Waals surface area contributed by atoms with Crippen LogP contribution in [0.2, 0.25) is 5.15 Å². The van der Waals surface area contributed by atoms with E-state index < -0.39 is 30.3 Å². The number of rotatable bonds is 7. The molecule has 1 aliphatic carbocycles. The molecule has 148 valence electrons. The summed E-state index contributed by atoms with van der Waals surface area (Å²) in [6.45, 7) is 1.73. The Bertz CT molecular complexity index is 821. The Labute approximate surface area is 164 Å². The van der Waals surface area contributed by atoms with E-state index in [-0.39, 0.29) is 18.2 Å². The van der Waals surface area contributed by atoms with Crippen LogP contribution in [-0.2, 0) is 14.3 Å². The van der Waals surface area contributed by atoms with Crippen molar-refractivity contribution >= 4 is 40.5 Å². The van der Waals surface area contributed by atoms with E-state index in [0.717, 1.165) is 12.2 Å². The largest absolute Gasteiger partial charge is 0.467 e. The molecule has 0 aliphatic heterocycles. The lowest BCUT2D eigenvalue weighted by molar-refractivity contribution is -0.150. The Hall–Kier alpha value is -1.53. The summed E-state index contributed by atoms with van der Waals surface area (Å²) in [4.78, 5) is 19.9. The van der Waals surface area contributed by atoms with E-state index in [1.807, 2.05) is 6.92 Å². The lowest BCUT2D eigenvalue weighted by atomic mass is 10.2. The van der Waals surface area contributed by atoms with Crippen LogP contribution in [-0.4, -0.2) is 78.9 Å². The number of hydrogen-bond acceptors (Lipinski definition) is 10. The van der Waals surface area contributed by atoms with Crippen LogP contribution >= 0.6 is 23.4 Å². The molecule has 2 aromatic rings. The van der Waals surface area contributed by atoms with E-state index in [9.17, 15) is 15.0 Å². The van der Waals surface area contributed by atoms with Crippen LogP contribution in [0, 0.1) is 0 Å². The van der Waals surface area contributed by atoms with Gasteiger partial charge in [-0.25, -0.2) is 19.4 Å². The van der Waals surface area contributed by atoms with Gasteiger partial charge >= 0.3 is 5.97 Å². The van der Waals surface area contributed by atoms with Gasteiger partial charge in [0.05, 0.1) is 19.3 Å². The molecule has 0 amide bonds. The lowest BCUT2D eigenvalue weighted by Crippen LogP contribution is -2.34. The van der Waals surface area contributed by atoms with Crippen LogP contribution in [0.1, 0.15) is 25.8 Å². The zero-order valence-electron chi connectivity index (χ0n) is 14.8. The van der Waals surface area contributed by atoms with E-state index in [1.54, 1.807) is 0 Å². The molecular formula is C15H20ClN5O5S. The van der Waals surface area contributed by atoms with E-state index in [2.05, 4.69) is 25.0 Å². The van der Waals surface area contributed by atoms with Crippen molar-refractivity contribution < 1.29 is 24.5 Å². The first-order chi connectivity index (χ1) is 13.0. The third-order valence-electron chi connectivity index (χ3n) is 4.25. The van der Waals surface area contributed by atoms with Gasteiger partial charge in [-0.1, -0.05) is 35.5 Å². The number of carbonyl (C=O) groups excluding carboxylic acids is 1. The summed E-state index contributed by atoms with van der Waals surface area (Å²) in [5.41, 5.74) is 0.691. The van der Waals surface area contributed by atoms with Crippen LogP contribution in [0.3, 0.4) is 0 Å². The highest BCUT2D eigenvalue weighted by molar-refractivity contribution is 7.99. The van der Waals surface area contributed by atoms with Crippen LogP contribution in [0.15, 0.2) is 5.16 Å². The Kier molecular flexibility index (Phi) is 6.48. The predicted octanol–water partition coefficient (Wildman–Crippen LogP) is 0.602. The molecule has 0 saturated heterocycles. The summed E-state index contributed by atoms with van der Waals surface area (Å²) in [6.07, 6.45) is -1.94. The first kappa shape index (κ1) is 20.2. The smallest absolute Gasteiger partial charge is 0.331 e. The molecule has 1 fully saturated rings. The number of aliphatic hydroxyl groups excluding tert-OH is 2. The minimum absolute atomic E-state index is 0.177. The van der Waals surface area contributed by atoms with Crippen LogP contribution in [0.4, 0.5) is 0 Å². The maximum atomic E-state index is 11.3. The SMILES string of the molecule is CCCSc1nc(Cl)c2nnn([C@@H]3C[C@H](OCC(=O)OC)[C@@H](O)[C@H]3O)c2n1. The molecule has 2 N–H and O–H groups in total. The second-order valence-electron chi connectivity index (χ2n) is 6.06. The molecule has 27 heavy (non-hydrogen) atoms. The normalized spacial score (nSPS) is 25.2. The standard InChI is InChI=1S/C15H20ClN5O5S/c1-3-4-27-15-17-13(16)10-14(18-15)21(20-19-10)7-5-8(12(24)11(7)23)26-6-9(22)25-2/h7-8,11-12,23-24H,3-6H2,1-2H3/t7-,8+,11+,12-/m1/s1. The lowest BCUT2D eigenvalue weighted by Gasteiger charge is -2.17. The van der Waals surface area contributed by atoms with E-state index in [4.69, 9.17) is 16.3 Å². The maximum Gasteiger partial charge on any atom is 0.331 e. The number of esters is 1. The number of thioether (sulfide) groups is 1. The summed E-state index contributed by atoms with van der Waals surface area (Å²) in [5, 5.41) is 29.4. The van der Waals surface area contributed by atoms with Crippen LogP contribution in [0.5, 0.6) is 0 Å². The van der Waals surface area contributed by atoms with Crippen molar-refractivity contribution in [1.82, 2.24) is 25.0 Å². The molecule has 4 atom stereocenters. The number of nitrogens with zero attached hydrogens (tertiary/aromatic N) is 5. The fraction of sp³-hybridized carbons (Fsp3) is 0.667. The van der Waals surface area contributed by atoms with Crippen molar-refractivity contribution in [1.29, 1.82) is 0 Å². The summed E-state index contributed by atoms with van der Waals surface area (Å²) in [5.74, 6) is 0.265. The minimum Gasteiger partial charge on any atom is -0.467 e. The van der Waals surface area contributed by atoms with Crippen molar-refractivity contribution in [3.8, 4) is 0 Å². The average molecular weight is 418 g/mol. The number of carbonyl (C=O) groups is 1. The summed E-state index contributed by atoms with van der Waals surface area (Å²) < 4.78 is 11.3. The third-order valence-corrected chi connectivity index (χ3v) is 5.57. The van der Waals surface area contributed by atoms with Crippen molar-refractivity contribution in [3.63, 3.8) is 0 Å². The average Bonchev–Trinajstić information content (AvgIpc) is 3.20. The first-order valence-electron chi connectivity index (χ1n) is 8.42. The number of aromatic nitrogens is 5. The van der Waals surface area contributed by atoms with Crippen molar-refractivity contribution in [2.45, 2.75) is 49.3 Å². The monoisotopic (exact) mass is 417 g/mol. The fourth-order valence-corrected chi connectivity index (χ4v) is 3.82. The number of halogens is 1. The highest BCUT2D eigenvalue weighted by atomic mass is 35.5. The second-order valence-corrected chi connectivity index (χ2v) is 7.48. The Morgan fingerprint density at radius 1 is 1.37 bits per heavy atom.